The number of urea groups is 1. The fourth-order valence-corrected chi connectivity index (χ4v) is 4.72. The fourth-order valence-electron chi connectivity index (χ4n) is 3.80. The third kappa shape index (κ3) is 6.14. The van der Waals surface area contributed by atoms with Crippen molar-refractivity contribution in [2.45, 2.75) is 46.8 Å². The smallest absolute Gasteiger partial charge is 0.322 e. The third-order valence-electron chi connectivity index (χ3n) is 5.96. The van der Waals surface area contributed by atoms with Crippen LogP contribution in [0.1, 0.15) is 35.4 Å². The molecule has 0 atom stereocenters. The third-order valence-corrected chi connectivity index (χ3v) is 6.97. The molecule has 0 radical (unpaired) electrons. The van der Waals surface area contributed by atoms with Gasteiger partial charge in [-0.1, -0.05) is 23.8 Å². The number of amides is 3. The monoisotopic (exact) mass is 493 g/mol. The first-order valence-corrected chi connectivity index (χ1v) is 12.5. The highest BCUT2D eigenvalue weighted by Gasteiger charge is 2.25. The van der Waals surface area contributed by atoms with Crippen LogP contribution >= 0.6 is 11.3 Å². The van der Waals surface area contributed by atoms with Crippen LogP contribution in [0, 0.1) is 13.8 Å². The first-order valence-electron chi connectivity index (χ1n) is 11.6. The molecule has 8 heteroatoms. The molecule has 2 aromatic carbocycles. The lowest BCUT2D eigenvalue weighted by Gasteiger charge is -2.30. The summed E-state index contributed by atoms with van der Waals surface area (Å²) in [6.45, 7) is 8.92. The quantitative estimate of drug-likeness (QED) is 0.446. The number of benzene rings is 2. The van der Waals surface area contributed by atoms with Gasteiger partial charge < -0.3 is 24.6 Å². The van der Waals surface area contributed by atoms with Crippen LogP contribution in [0.25, 0.3) is 0 Å². The van der Waals surface area contributed by atoms with Crippen LogP contribution in [-0.2, 0) is 17.9 Å². The number of carbonyl (C=O) groups is 2. The summed E-state index contributed by atoms with van der Waals surface area (Å²) in [5.41, 5.74) is 3.90. The summed E-state index contributed by atoms with van der Waals surface area (Å²) in [7, 11) is 0. The molecule has 0 bridgehead atoms. The van der Waals surface area contributed by atoms with Crippen molar-refractivity contribution in [3.05, 3.63) is 75.5 Å². The van der Waals surface area contributed by atoms with Crippen molar-refractivity contribution in [2.24, 2.45) is 0 Å². The van der Waals surface area contributed by atoms with Crippen molar-refractivity contribution < 1.29 is 19.1 Å². The SMILES string of the molecule is Cc1ccc(NC(=O)N(CC(=O)N(Cc2ccc3c(c2)OCO3)Cc2sccc2C)C(C)C)cc1. The Morgan fingerprint density at radius 2 is 1.74 bits per heavy atom. The van der Waals surface area contributed by atoms with Crippen LogP contribution in [0.3, 0.4) is 0 Å². The molecular formula is C27H31N3O4S. The number of carbonyl (C=O) groups excluding carboxylic acids is 2. The average molecular weight is 494 g/mol. The van der Waals surface area contributed by atoms with Crippen LogP contribution in [0.5, 0.6) is 11.5 Å². The Labute approximate surface area is 210 Å². The summed E-state index contributed by atoms with van der Waals surface area (Å²) in [5.74, 6) is 1.27. The number of hydrogen-bond acceptors (Lipinski definition) is 5. The molecule has 0 saturated carbocycles. The summed E-state index contributed by atoms with van der Waals surface area (Å²) in [6.07, 6.45) is 0. The van der Waals surface area contributed by atoms with Gasteiger partial charge in [-0.25, -0.2) is 4.79 Å². The van der Waals surface area contributed by atoms with E-state index in [-0.39, 0.29) is 31.3 Å². The van der Waals surface area contributed by atoms with Gasteiger partial charge in [-0.3, -0.25) is 4.79 Å². The van der Waals surface area contributed by atoms with E-state index in [2.05, 4.69) is 11.4 Å². The van der Waals surface area contributed by atoms with E-state index >= 15 is 0 Å². The van der Waals surface area contributed by atoms with E-state index in [9.17, 15) is 9.59 Å². The number of aryl methyl sites for hydroxylation is 2. The molecule has 1 aliphatic heterocycles. The van der Waals surface area contributed by atoms with Gasteiger partial charge >= 0.3 is 6.03 Å². The molecule has 0 aliphatic carbocycles. The Kier molecular flexibility index (Phi) is 7.60. The molecule has 0 fully saturated rings. The molecule has 1 N–H and O–H groups in total. The predicted molar refractivity (Wildman–Crippen MR) is 138 cm³/mol. The second-order valence-electron chi connectivity index (χ2n) is 8.98. The largest absolute Gasteiger partial charge is 0.454 e. The number of fused-ring (bicyclic) bond motifs is 1. The second-order valence-corrected chi connectivity index (χ2v) is 9.98. The zero-order chi connectivity index (χ0) is 24.9. The van der Waals surface area contributed by atoms with Crippen molar-refractivity contribution in [3.8, 4) is 11.5 Å². The number of rotatable bonds is 8. The van der Waals surface area contributed by atoms with E-state index in [4.69, 9.17) is 9.47 Å². The molecule has 35 heavy (non-hydrogen) atoms. The first-order chi connectivity index (χ1) is 16.8. The van der Waals surface area contributed by atoms with E-state index in [0.29, 0.717) is 30.3 Å². The standard InChI is InChI=1S/C27H31N3O4S/c1-18(2)30(27(32)28-22-8-5-19(3)6-9-22)16-26(31)29(15-25-20(4)11-12-35-25)14-21-7-10-23-24(13-21)34-17-33-23/h5-13,18H,14-17H2,1-4H3,(H,28,32). The highest BCUT2D eigenvalue weighted by Crippen LogP contribution is 2.33. The highest BCUT2D eigenvalue weighted by molar-refractivity contribution is 7.10. The Balaban J connectivity index is 1.51. The van der Waals surface area contributed by atoms with Gasteiger partial charge in [0, 0.05) is 23.2 Å². The lowest BCUT2D eigenvalue weighted by molar-refractivity contribution is -0.133. The minimum atomic E-state index is -0.299. The fraction of sp³-hybridized carbons (Fsp3) is 0.333. The number of ether oxygens (including phenoxy) is 2. The molecule has 1 aromatic heterocycles. The minimum Gasteiger partial charge on any atom is -0.454 e. The molecule has 0 spiro atoms. The zero-order valence-corrected chi connectivity index (χ0v) is 21.4. The minimum absolute atomic E-state index is 0.0235. The summed E-state index contributed by atoms with van der Waals surface area (Å²) in [5, 5.41) is 4.95. The highest BCUT2D eigenvalue weighted by atomic mass is 32.1. The van der Waals surface area contributed by atoms with E-state index in [0.717, 1.165) is 21.6 Å². The van der Waals surface area contributed by atoms with Crippen LogP contribution in [-0.4, -0.2) is 41.1 Å². The summed E-state index contributed by atoms with van der Waals surface area (Å²) in [4.78, 5) is 31.1. The van der Waals surface area contributed by atoms with Crippen molar-refractivity contribution in [2.75, 3.05) is 18.7 Å². The van der Waals surface area contributed by atoms with Crippen molar-refractivity contribution >= 4 is 29.0 Å². The lowest BCUT2D eigenvalue weighted by atomic mass is 10.1. The maximum atomic E-state index is 13.6. The van der Waals surface area contributed by atoms with E-state index in [1.165, 1.54) is 0 Å². The maximum Gasteiger partial charge on any atom is 0.322 e. The number of hydrogen-bond donors (Lipinski definition) is 1. The van der Waals surface area contributed by atoms with Gasteiger partial charge in [-0.15, -0.1) is 11.3 Å². The van der Waals surface area contributed by atoms with Crippen LogP contribution < -0.4 is 14.8 Å². The van der Waals surface area contributed by atoms with Gasteiger partial charge in [0.25, 0.3) is 0 Å². The number of nitrogens with zero attached hydrogens (tertiary/aromatic N) is 2. The van der Waals surface area contributed by atoms with Gasteiger partial charge in [0.1, 0.15) is 6.54 Å². The number of thiophene rings is 1. The van der Waals surface area contributed by atoms with Crippen molar-refractivity contribution in [3.63, 3.8) is 0 Å². The van der Waals surface area contributed by atoms with Crippen molar-refractivity contribution in [1.29, 1.82) is 0 Å². The molecule has 0 unspecified atom stereocenters. The Morgan fingerprint density at radius 3 is 2.43 bits per heavy atom. The molecule has 7 nitrogen and oxygen atoms in total. The zero-order valence-electron chi connectivity index (χ0n) is 20.5. The van der Waals surface area contributed by atoms with E-state index in [1.54, 1.807) is 21.1 Å². The summed E-state index contributed by atoms with van der Waals surface area (Å²) < 4.78 is 10.9. The summed E-state index contributed by atoms with van der Waals surface area (Å²) in [6, 6.07) is 14.9. The molecule has 2 heterocycles. The molecule has 1 aliphatic rings. The molecule has 4 rings (SSSR count). The van der Waals surface area contributed by atoms with E-state index < -0.39 is 0 Å². The predicted octanol–water partition coefficient (Wildman–Crippen LogP) is 5.56. The second kappa shape index (κ2) is 10.8. The topological polar surface area (TPSA) is 71.1 Å². The average Bonchev–Trinajstić information content (AvgIpc) is 3.46. The molecule has 184 valence electrons. The van der Waals surface area contributed by atoms with Crippen LogP contribution in [0.2, 0.25) is 0 Å². The van der Waals surface area contributed by atoms with Gasteiger partial charge in [0.05, 0.1) is 6.54 Å². The maximum absolute atomic E-state index is 13.6. The normalized spacial score (nSPS) is 12.0. The Morgan fingerprint density at radius 1 is 1.00 bits per heavy atom. The molecular weight excluding hydrogens is 462 g/mol. The number of anilines is 1. The Hall–Kier alpha value is -3.52. The van der Waals surface area contributed by atoms with Crippen LogP contribution in [0.15, 0.2) is 53.9 Å². The molecule has 3 amide bonds. The van der Waals surface area contributed by atoms with Crippen molar-refractivity contribution in [1.82, 2.24) is 9.80 Å². The Bertz CT molecular complexity index is 1190. The van der Waals surface area contributed by atoms with E-state index in [1.807, 2.05) is 75.5 Å². The van der Waals surface area contributed by atoms with Crippen LogP contribution in [0.4, 0.5) is 10.5 Å². The van der Waals surface area contributed by atoms with Gasteiger partial charge in [-0.05, 0) is 74.5 Å². The first kappa shape index (κ1) is 24.6. The van der Waals surface area contributed by atoms with Gasteiger partial charge in [0.2, 0.25) is 12.7 Å². The number of nitrogens with one attached hydrogen (secondary N) is 1. The van der Waals surface area contributed by atoms with Gasteiger partial charge in [-0.2, -0.15) is 0 Å². The molecule has 3 aromatic rings. The summed E-state index contributed by atoms with van der Waals surface area (Å²) >= 11 is 1.63. The molecule has 0 saturated heterocycles. The lowest BCUT2D eigenvalue weighted by Crippen LogP contribution is -2.47. The van der Waals surface area contributed by atoms with Gasteiger partial charge in [0.15, 0.2) is 11.5 Å².